The molecule has 0 saturated heterocycles. The molecule has 4 aromatic rings. The second kappa shape index (κ2) is 15.2. The second-order valence-corrected chi connectivity index (χ2v) is 15.6. The van der Waals surface area contributed by atoms with E-state index in [-0.39, 0.29) is 59.7 Å². The zero-order chi connectivity index (χ0) is 34.0. The number of hydrogen-bond donors (Lipinski definition) is 1. The largest absolute Gasteiger partial charge is 0.512 e. The van der Waals surface area contributed by atoms with Crippen LogP contribution in [0.15, 0.2) is 66.6 Å². The summed E-state index contributed by atoms with van der Waals surface area (Å²) in [5.74, 6) is 0.547. The second-order valence-electron chi connectivity index (χ2n) is 15.6. The third-order valence-electron chi connectivity index (χ3n) is 10.2. The van der Waals surface area contributed by atoms with Gasteiger partial charge in [0.05, 0.1) is 5.76 Å². The number of hydrogen-bond acceptors (Lipinski definition) is 3. The summed E-state index contributed by atoms with van der Waals surface area (Å²) in [7, 11) is 0. The standard InChI is InChI=1S/C30H32N.C13H24O2.Ir/c1-28(2,3)24-16-21(14-19-10-8-9-11-22(19)24)27-23-17-26-25(15-20(23)12-13-31-27)29(4,5)18-30(26,6)7;1-5-10(6-2)12(14)9-13(15)11(7-3)8-4;/h8-13,15-17H,18H2,1-7H3;9-11,14H,5-8H2,1-4H3;/q-1;;/b;12-9-;. The van der Waals surface area contributed by atoms with Gasteiger partial charge in [0.2, 0.25) is 0 Å². The molecule has 1 aromatic heterocycles. The number of benzene rings is 3. The zero-order valence-corrected chi connectivity index (χ0v) is 33.0. The number of allylic oxidation sites excluding steroid dienone is 2. The molecule has 1 heterocycles. The Hall–Kier alpha value is -2.81. The Morgan fingerprint density at radius 3 is 2.02 bits per heavy atom. The summed E-state index contributed by atoms with van der Waals surface area (Å²) >= 11 is 0. The minimum atomic E-state index is 0. The molecule has 3 aromatic carbocycles. The van der Waals surface area contributed by atoms with Gasteiger partial charge in [-0.05, 0) is 76.3 Å². The van der Waals surface area contributed by atoms with Crippen molar-refractivity contribution in [1.29, 1.82) is 0 Å². The predicted molar refractivity (Wildman–Crippen MR) is 197 cm³/mol. The van der Waals surface area contributed by atoms with Gasteiger partial charge in [0.25, 0.3) is 0 Å². The van der Waals surface area contributed by atoms with Gasteiger partial charge < -0.3 is 5.11 Å². The van der Waals surface area contributed by atoms with E-state index in [0.29, 0.717) is 0 Å². The van der Waals surface area contributed by atoms with Crippen molar-refractivity contribution in [2.45, 2.75) is 125 Å². The molecule has 4 heteroatoms. The summed E-state index contributed by atoms with van der Waals surface area (Å²) in [6, 6.07) is 21.6. The minimum Gasteiger partial charge on any atom is -0.512 e. The number of aliphatic hydroxyl groups excluding tert-OH is 1. The van der Waals surface area contributed by atoms with Crippen LogP contribution in [-0.4, -0.2) is 15.9 Å². The van der Waals surface area contributed by atoms with Gasteiger partial charge in [0, 0.05) is 49.9 Å². The molecule has 0 spiro atoms. The van der Waals surface area contributed by atoms with Crippen LogP contribution in [0, 0.1) is 17.9 Å². The monoisotopic (exact) mass is 811 g/mol. The summed E-state index contributed by atoms with van der Waals surface area (Å²) in [5, 5.41) is 14.7. The van der Waals surface area contributed by atoms with E-state index in [4.69, 9.17) is 4.98 Å². The van der Waals surface area contributed by atoms with Gasteiger partial charge in [-0.1, -0.05) is 117 Å². The average molecular weight is 811 g/mol. The maximum Gasteiger partial charge on any atom is 0.162 e. The van der Waals surface area contributed by atoms with E-state index < -0.39 is 0 Å². The fourth-order valence-electron chi connectivity index (χ4n) is 7.61. The molecule has 0 aliphatic heterocycles. The first-order valence-corrected chi connectivity index (χ1v) is 17.4. The molecule has 1 aliphatic carbocycles. The molecule has 0 amide bonds. The third kappa shape index (κ3) is 8.26. The molecule has 255 valence electrons. The molecule has 1 aliphatic rings. The Labute approximate surface area is 298 Å². The molecule has 5 rings (SSSR count). The predicted octanol–water partition coefficient (Wildman–Crippen LogP) is 12.0. The minimum absolute atomic E-state index is 0. The van der Waals surface area contributed by atoms with Gasteiger partial charge >= 0.3 is 0 Å². The summed E-state index contributed by atoms with van der Waals surface area (Å²) < 4.78 is 0. The molecule has 0 saturated carbocycles. The van der Waals surface area contributed by atoms with Crippen molar-refractivity contribution in [3.8, 4) is 11.3 Å². The van der Waals surface area contributed by atoms with Crippen LogP contribution in [0.2, 0.25) is 0 Å². The molecule has 0 fully saturated rings. The smallest absolute Gasteiger partial charge is 0.162 e. The Kier molecular flexibility index (Phi) is 12.5. The van der Waals surface area contributed by atoms with E-state index in [0.717, 1.165) is 42.3 Å². The van der Waals surface area contributed by atoms with Crippen LogP contribution in [0.1, 0.15) is 125 Å². The Morgan fingerprint density at radius 2 is 1.45 bits per heavy atom. The number of carbonyl (C=O) groups excluding carboxylic acids is 1. The molecular formula is C43H56IrNO2-. The summed E-state index contributed by atoms with van der Waals surface area (Å²) in [4.78, 5) is 16.6. The zero-order valence-electron chi connectivity index (χ0n) is 30.6. The van der Waals surface area contributed by atoms with Crippen molar-refractivity contribution in [2.75, 3.05) is 0 Å². The van der Waals surface area contributed by atoms with Crippen LogP contribution in [0.4, 0.5) is 0 Å². The average Bonchev–Trinajstić information content (AvgIpc) is 3.18. The number of carbonyl (C=O) groups is 1. The third-order valence-corrected chi connectivity index (χ3v) is 10.2. The molecule has 3 nitrogen and oxygen atoms in total. The van der Waals surface area contributed by atoms with Crippen molar-refractivity contribution in [3.05, 3.63) is 89.3 Å². The number of aromatic nitrogens is 1. The van der Waals surface area contributed by atoms with Crippen molar-refractivity contribution < 1.29 is 30.0 Å². The summed E-state index contributed by atoms with van der Waals surface area (Å²) in [6.45, 7) is 24.4. The van der Waals surface area contributed by atoms with E-state index in [9.17, 15) is 9.90 Å². The van der Waals surface area contributed by atoms with Gasteiger partial charge in [-0.3, -0.25) is 9.78 Å². The van der Waals surface area contributed by atoms with Gasteiger partial charge in [-0.25, -0.2) is 0 Å². The quantitative estimate of drug-likeness (QED) is 0.110. The maximum atomic E-state index is 11.7. The fraction of sp³-hybridized carbons (Fsp3) is 0.488. The fourth-order valence-corrected chi connectivity index (χ4v) is 7.61. The molecule has 0 unspecified atom stereocenters. The number of ketones is 1. The molecule has 1 radical (unpaired) electrons. The number of aliphatic hydroxyl groups is 1. The number of pyridine rings is 1. The maximum absolute atomic E-state index is 11.7. The van der Waals surface area contributed by atoms with E-state index in [1.54, 1.807) is 0 Å². The number of nitrogens with zero attached hydrogens (tertiary/aromatic N) is 1. The first kappa shape index (κ1) is 38.6. The molecular weight excluding hydrogens is 755 g/mol. The van der Waals surface area contributed by atoms with Gasteiger partial charge in [0.1, 0.15) is 0 Å². The van der Waals surface area contributed by atoms with Gasteiger partial charge in [-0.15, -0.1) is 29.1 Å². The van der Waals surface area contributed by atoms with E-state index >= 15 is 0 Å². The molecule has 1 N–H and O–H groups in total. The SMILES string of the molecule is CC(C)(C)c1cc(-c2nccc3cc4c(cc23)C(C)(C)CC4(C)C)[c-]c2ccccc12.CCC(CC)C(=O)/C=C(\O)C(CC)CC.[Ir]. The van der Waals surface area contributed by atoms with E-state index in [1.165, 1.54) is 45.3 Å². The van der Waals surface area contributed by atoms with Crippen LogP contribution in [-0.2, 0) is 41.1 Å². The molecule has 47 heavy (non-hydrogen) atoms. The van der Waals surface area contributed by atoms with Crippen LogP contribution < -0.4 is 0 Å². The van der Waals surface area contributed by atoms with Gasteiger partial charge in [-0.2, -0.15) is 0 Å². The van der Waals surface area contributed by atoms with Crippen LogP contribution in [0.5, 0.6) is 0 Å². The normalized spacial score (nSPS) is 15.4. The van der Waals surface area contributed by atoms with Crippen LogP contribution in [0.3, 0.4) is 0 Å². The number of rotatable bonds is 8. The molecule has 0 atom stereocenters. The van der Waals surface area contributed by atoms with Crippen LogP contribution in [0.25, 0.3) is 32.8 Å². The molecule has 0 bridgehead atoms. The van der Waals surface area contributed by atoms with Crippen molar-refractivity contribution >= 4 is 27.3 Å². The van der Waals surface area contributed by atoms with Crippen LogP contribution >= 0.6 is 0 Å². The first-order valence-electron chi connectivity index (χ1n) is 17.4. The van der Waals surface area contributed by atoms with Crippen molar-refractivity contribution in [2.24, 2.45) is 11.8 Å². The number of fused-ring (bicyclic) bond motifs is 3. The Morgan fingerprint density at radius 1 is 0.872 bits per heavy atom. The first-order chi connectivity index (χ1) is 21.6. The summed E-state index contributed by atoms with van der Waals surface area (Å²) in [6.07, 6.45) is 8.03. The Balaban J connectivity index is 0.000000322. The van der Waals surface area contributed by atoms with E-state index in [1.807, 2.05) is 33.9 Å². The van der Waals surface area contributed by atoms with E-state index in [2.05, 4.69) is 103 Å². The Bertz CT molecular complexity index is 1730. The summed E-state index contributed by atoms with van der Waals surface area (Å²) in [5.41, 5.74) is 6.84. The van der Waals surface area contributed by atoms with Gasteiger partial charge in [0.15, 0.2) is 5.78 Å². The van der Waals surface area contributed by atoms with Crippen molar-refractivity contribution in [1.82, 2.24) is 4.98 Å². The van der Waals surface area contributed by atoms with Crippen molar-refractivity contribution in [3.63, 3.8) is 0 Å². The topological polar surface area (TPSA) is 50.2 Å².